The Morgan fingerprint density at radius 3 is 1.78 bits per heavy atom. The fraction of sp³-hybridized carbons (Fsp3) is 0.0370. The highest BCUT2D eigenvalue weighted by Crippen LogP contribution is 2.53. The minimum absolute atomic E-state index is 0.284. The van der Waals surface area contributed by atoms with E-state index >= 15 is 0 Å². The van der Waals surface area contributed by atoms with Crippen LogP contribution in [0.4, 0.5) is 0 Å². The molecule has 0 unspecified atom stereocenters. The molecule has 5 aromatic carbocycles. The van der Waals surface area contributed by atoms with E-state index in [4.69, 9.17) is 0 Å². The fourth-order valence-corrected chi connectivity index (χ4v) is 4.88. The normalized spacial score (nSPS) is 15.0. The molecule has 1 atom stereocenters. The van der Waals surface area contributed by atoms with Gasteiger partial charge in [0, 0.05) is 5.92 Å². The second-order valence-corrected chi connectivity index (χ2v) is 7.31. The van der Waals surface area contributed by atoms with Crippen molar-refractivity contribution in [1.82, 2.24) is 0 Å². The first kappa shape index (κ1) is 14.8. The average molecular weight is 342 g/mol. The molecule has 0 fully saturated rings. The highest BCUT2D eigenvalue weighted by Gasteiger charge is 2.32. The van der Waals surface area contributed by atoms with Crippen LogP contribution in [0.1, 0.15) is 22.6 Å². The van der Waals surface area contributed by atoms with Crippen molar-refractivity contribution in [1.29, 1.82) is 0 Å². The van der Waals surface area contributed by atoms with E-state index in [1.807, 2.05) is 0 Å². The molecule has 5 aromatic rings. The third-order valence-corrected chi connectivity index (χ3v) is 5.94. The Labute approximate surface area is 158 Å². The van der Waals surface area contributed by atoms with Crippen LogP contribution in [0.25, 0.3) is 32.7 Å². The lowest BCUT2D eigenvalue weighted by atomic mass is 9.85. The molecule has 0 heteroatoms. The maximum absolute atomic E-state index is 2.30. The topological polar surface area (TPSA) is 0 Å². The predicted octanol–water partition coefficient (Wildman–Crippen LogP) is 7.15. The van der Waals surface area contributed by atoms with Gasteiger partial charge in [-0.05, 0) is 49.4 Å². The van der Waals surface area contributed by atoms with Crippen molar-refractivity contribution >= 4 is 21.5 Å². The van der Waals surface area contributed by atoms with Crippen molar-refractivity contribution in [3.63, 3.8) is 0 Å². The first-order valence-electron chi connectivity index (χ1n) is 9.51. The molecule has 0 aromatic heterocycles. The molecule has 0 aliphatic heterocycles. The van der Waals surface area contributed by atoms with Crippen molar-refractivity contribution in [2.45, 2.75) is 5.92 Å². The first-order valence-corrected chi connectivity index (χ1v) is 9.51. The van der Waals surface area contributed by atoms with E-state index in [1.54, 1.807) is 0 Å². The van der Waals surface area contributed by atoms with E-state index < -0.39 is 0 Å². The van der Waals surface area contributed by atoms with Gasteiger partial charge in [0.15, 0.2) is 0 Å². The van der Waals surface area contributed by atoms with Gasteiger partial charge < -0.3 is 0 Å². The van der Waals surface area contributed by atoms with Crippen LogP contribution in [0.3, 0.4) is 0 Å². The van der Waals surface area contributed by atoms with Gasteiger partial charge in [0.1, 0.15) is 0 Å². The van der Waals surface area contributed by atoms with Crippen LogP contribution >= 0.6 is 0 Å². The summed E-state index contributed by atoms with van der Waals surface area (Å²) in [5, 5.41) is 5.42. The summed E-state index contributed by atoms with van der Waals surface area (Å²) < 4.78 is 0. The lowest BCUT2D eigenvalue weighted by Gasteiger charge is -2.18. The molecule has 0 amide bonds. The van der Waals surface area contributed by atoms with Crippen LogP contribution in [0.15, 0.2) is 103 Å². The van der Waals surface area contributed by atoms with E-state index in [2.05, 4.69) is 103 Å². The molecule has 126 valence electrons. The van der Waals surface area contributed by atoms with Crippen LogP contribution in [-0.2, 0) is 0 Å². The number of rotatable bonds is 1. The van der Waals surface area contributed by atoms with E-state index in [1.165, 1.54) is 49.4 Å². The van der Waals surface area contributed by atoms with Gasteiger partial charge in [-0.3, -0.25) is 0 Å². The van der Waals surface area contributed by atoms with Gasteiger partial charge in [-0.15, -0.1) is 0 Å². The molecule has 0 saturated heterocycles. The molecule has 0 nitrogen and oxygen atoms in total. The molecule has 0 N–H and O–H groups in total. The Morgan fingerprint density at radius 1 is 0.444 bits per heavy atom. The fourth-order valence-electron chi connectivity index (χ4n) is 4.88. The zero-order chi connectivity index (χ0) is 17.8. The van der Waals surface area contributed by atoms with Gasteiger partial charge in [-0.1, -0.05) is 103 Å². The minimum atomic E-state index is 0.284. The van der Waals surface area contributed by atoms with E-state index in [0.29, 0.717) is 0 Å². The molecule has 6 rings (SSSR count). The molecule has 27 heavy (non-hydrogen) atoms. The van der Waals surface area contributed by atoms with Crippen LogP contribution in [0, 0.1) is 0 Å². The molecule has 0 bridgehead atoms. The Kier molecular flexibility index (Phi) is 3.04. The molecule has 0 radical (unpaired) electrons. The summed E-state index contributed by atoms with van der Waals surface area (Å²) in [4.78, 5) is 0. The second-order valence-electron chi connectivity index (χ2n) is 7.31. The number of hydrogen-bond acceptors (Lipinski definition) is 0. The SMILES string of the molecule is c1ccc([C@@H]2c3ccccc3-c3c2c2ccccc2c2ccccc32)cc1. The molecule has 1 aliphatic rings. The van der Waals surface area contributed by atoms with Crippen molar-refractivity contribution in [3.05, 3.63) is 120 Å². The van der Waals surface area contributed by atoms with Crippen LogP contribution in [0.2, 0.25) is 0 Å². The monoisotopic (exact) mass is 342 g/mol. The van der Waals surface area contributed by atoms with Crippen LogP contribution in [0.5, 0.6) is 0 Å². The zero-order valence-corrected chi connectivity index (χ0v) is 14.9. The van der Waals surface area contributed by atoms with Crippen LogP contribution < -0.4 is 0 Å². The lowest BCUT2D eigenvalue weighted by Crippen LogP contribution is -2.00. The number of fused-ring (bicyclic) bond motifs is 8. The summed E-state index contributed by atoms with van der Waals surface area (Å²) >= 11 is 0. The van der Waals surface area contributed by atoms with E-state index in [0.717, 1.165) is 0 Å². The van der Waals surface area contributed by atoms with Gasteiger partial charge in [0.05, 0.1) is 0 Å². The van der Waals surface area contributed by atoms with Gasteiger partial charge in [-0.2, -0.15) is 0 Å². The number of benzene rings is 5. The molecule has 1 aliphatic carbocycles. The van der Waals surface area contributed by atoms with Gasteiger partial charge in [-0.25, -0.2) is 0 Å². The molecule has 0 saturated carbocycles. The van der Waals surface area contributed by atoms with Gasteiger partial charge in [0.2, 0.25) is 0 Å². The Bertz CT molecular complexity index is 1310. The summed E-state index contributed by atoms with van der Waals surface area (Å²) in [6.07, 6.45) is 0. The van der Waals surface area contributed by atoms with Crippen molar-refractivity contribution in [2.75, 3.05) is 0 Å². The largest absolute Gasteiger partial charge is 0.0622 e. The second kappa shape index (κ2) is 5.56. The summed E-state index contributed by atoms with van der Waals surface area (Å²) in [7, 11) is 0. The lowest BCUT2D eigenvalue weighted by molar-refractivity contribution is 1.03. The molecule has 0 spiro atoms. The van der Waals surface area contributed by atoms with Crippen molar-refractivity contribution in [2.24, 2.45) is 0 Å². The Balaban J connectivity index is 1.86. The summed E-state index contributed by atoms with van der Waals surface area (Å²) in [6.45, 7) is 0. The summed E-state index contributed by atoms with van der Waals surface area (Å²) in [6, 6.07) is 37.6. The van der Waals surface area contributed by atoms with Crippen LogP contribution in [-0.4, -0.2) is 0 Å². The predicted molar refractivity (Wildman–Crippen MR) is 114 cm³/mol. The average Bonchev–Trinajstić information content (AvgIpc) is 3.10. The van der Waals surface area contributed by atoms with Crippen molar-refractivity contribution in [3.8, 4) is 11.1 Å². The van der Waals surface area contributed by atoms with E-state index in [-0.39, 0.29) is 5.92 Å². The highest BCUT2D eigenvalue weighted by molar-refractivity contribution is 6.18. The third kappa shape index (κ3) is 1.98. The number of hydrogen-bond donors (Lipinski definition) is 0. The Morgan fingerprint density at radius 2 is 1.00 bits per heavy atom. The summed E-state index contributed by atoms with van der Waals surface area (Å²) in [5.74, 6) is 0.284. The maximum Gasteiger partial charge on any atom is 0.0358 e. The van der Waals surface area contributed by atoms with Gasteiger partial charge >= 0.3 is 0 Å². The smallest absolute Gasteiger partial charge is 0.0358 e. The molecule has 0 heterocycles. The minimum Gasteiger partial charge on any atom is -0.0622 e. The maximum atomic E-state index is 2.30. The highest BCUT2D eigenvalue weighted by atomic mass is 14.3. The molecular formula is C27H18. The first-order chi connectivity index (χ1) is 13.4. The Hall–Kier alpha value is -3.38. The third-order valence-electron chi connectivity index (χ3n) is 5.94. The standard InChI is InChI=1S/C27H18/c1-2-10-18(11-3-1)25-23-16-8-9-17-24(23)26-21-14-6-4-12-19(21)20-13-5-7-15-22(20)27(25)26/h1-17,25H/t25-/m1/s1. The zero-order valence-electron chi connectivity index (χ0n) is 14.9. The van der Waals surface area contributed by atoms with Crippen molar-refractivity contribution < 1.29 is 0 Å². The summed E-state index contributed by atoms with van der Waals surface area (Å²) in [5.41, 5.74) is 7.03. The van der Waals surface area contributed by atoms with E-state index in [9.17, 15) is 0 Å². The molecular weight excluding hydrogens is 324 g/mol. The van der Waals surface area contributed by atoms with Gasteiger partial charge in [0.25, 0.3) is 0 Å². The quantitative estimate of drug-likeness (QED) is 0.278.